The number of fused-ring (bicyclic) bond motifs is 1. The molecule has 0 saturated carbocycles. The maximum absolute atomic E-state index is 12.8. The van der Waals surface area contributed by atoms with Crippen molar-refractivity contribution in [2.24, 2.45) is 0 Å². The van der Waals surface area contributed by atoms with E-state index in [0.29, 0.717) is 26.1 Å². The number of benzene rings is 2. The van der Waals surface area contributed by atoms with Gasteiger partial charge in [-0.3, -0.25) is 9.36 Å². The van der Waals surface area contributed by atoms with Crippen molar-refractivity contribution in [3.63, 3.8) is 0 Å². The second-order valence-corrected chi connectivity index (χ2v) is 8.49. The summed E-state index contributed by atoms with van der Waals surface area (Å²) in [6.07, 6.45) is -0.490. The number of ether oxygens (including phenoxy) is 2. The van der Waals surface area contributed by atoms with Crippen LogP contribution in [0.1, 0.15) is 21.4 Å². The second kappa shape index (κ2) is 7.57. The molecule has 6 nitrogen and oxygen atoms in total. The van der Waals surface area contributed by atoms with Crippen LogP contribution < -0.4 is 20.1 Å². The minimum Gasteiger partial charge on any atom is -0.496 e. The molecule has 9 heteroatoms. The third kappa shape index (κ3) is 3.19. The Morgan fingerprint density at radius 3 is 2.50 bits per heavy atom. The summed E-state index contributed by atoms with van der Waals surface area (Å²) in [5.74, 6) is 1.73. The van der Waals surface area contributed by atoms with Gasteiger partial charge >= 0.3 is 0 Å². The van der Waals surface area contributed by atoms with Crippen molar-refractivity contribution in [3.8, 4) is 17.2 Å². The lowest BCUT2D eigenvalue weighted by Crippen LogP contribution is -2.38. The minimum atomic E-state index is -0.490. The van der Waals surface area contributed by atoms with Gasteiger partial charge in [-0.1, -0.05) is 29.5 Å². The van der Waals surface area contributed by atoms with Crippen molar-refractivity contribution in [1.82, 2.24) is 9.88 Å². The number of nitrogens with one attached hydrogen (secondary N) is 2. The van der Waals surface area contributed by atoms with Crippen molar-refractivity contribution >= 4 is 51.2 Å². The minimum absolute atomic E-state index is 0.182. The summed E-state index contributed by atoms with van der Waals surface area (Å²) in [4.78, 5) is 13.3. The Bertz CT molecular complexity index is 1110. The van der Waals surface area contributed by atoms with Crippen LogP contribution in [0.5, 0.6) is 11.5 Å². The molecule has 2 heterocycles. The molecule has 1 aliphatic rings. The molecule has 1 aliphatic heterocycles. The van der Waals surface area contributed by atoms with E-state index in [1.54, 1.807) is 20.3 Å². The first-order chi connectivity index (χ1) is 13.5. The molecule has 144 valence electrons. The highest BCUT2D eigenvalue weighted by molar-refractivity contribution is 9.10. The number of anilines is 1. The van der Waals surface area contributed by atoms with E-state index in [1.807, 2.05) is 41.0 Å². The Morgan fingerprint density at radius 2 is 1.82 bits per heavy atom. The molecule has 4 rings (SSSR count). The smallest absolute Gasteiger partial charge is 0.267 e. The predicted octanol–water partition coefficient (Wildman–Crippen LogP) is 4.90. The number of aromatic nitrogens is 1. The zero-order chi connectivity index (χ0) is 19.8. The quantitative estimate of drug-likeness (QED) is 0.523. The summed E-state index contributed by atoms with van der Waals surface area (Å²) in [5.41, 5.74) is 1.67. The van der Waals surface area contributed by atoms with Crippen molar-refractivity contribution < 1.29 is 14.3 Å². The van der Waals surface area contributed by atoms with Crippen LogP contribution in [0.25, 0.3) is 5.69 Å². The van der Waals surface area contributed by atoms with Gasteiger partial charge in [0, 0.05) is 17.3 Å². The molecule has 0 spiro atoms. The molecule has 0 bridgehead atoms. The van der Waals surface area contributed by atoms with Crippen molar-refractivity contribution in [2.75, 3.05) is 19.5 Å². The van der Waals surface area contributed by atoms with Gasteiger partial charge in [0.25, 0.3) is 5.91 Å². The fourth-order valence-corrected chi connectivity index (χ4v) is 4.93. The molecule has 0 unspecified atom stereocenters. The molecule has 28 heavy (non-hydrogen) atoms. The Hall–Kier alpha value is -2.36. The lowest BCUT2D eigenvalue weighted by Gasteiger charge is -2.28. The number of thiazole rings is 1. The van der Waals surface area contributed by atoms with Crippen LogP contribution in [0, 0.1) is 3.95 Å². The first-order valence-electron chi connectivity index (χ1n) is 8.33. The van der Waals surface area contributed by atoms with Crippen LogP contribution in [0.4, 0.5) is 5.82 Å². The number of nitrogens with zero attached hydrogens (tertiary/aromatic N) is 1. The SMILES string of the molecule is COc1cc(OC)c([C@H]2NC(=O)c3sc(=S)n(-c4ccccc4)c3N2)cc1Br. The van der Waals surface area contributed by atoms with Gasteiger partial charge in [0.05, 0.1) is 18.7 Å². The molecule has 0 fully saturated rings. The monoisotopic (exact) mass is 477 g/mol. The number of para-hydroxylation sites is 1. The van der Waals surface area contributed by atoms with E-state index in [1.165, 1.54) is 11.3 Å². The normalized spacial score (nSPS) is 15.4. The van der Waals surface area contributed by atoms with Gasteiger partial charge in [0.15, 0.2) is 3.95 Å². The van der Waals surface area contributed by atoms with E-state index < -0.39 is 6.17 Å². The average Bonchev–Trinajstić information content (AvgIpc) is 3.05. The van der Waals surface area contributed by atoms with Gasteiger partial charge in [-0.2, -0.15) is 0 Å². The van der Waals surface area contributed by atoms with Gasteiger partial charge in [-0.25, -0.2) is 0 Å². The molecule has 1 aromatic heterocycles. The topological polar surface area (TPSA) is 64.5 Å². The number of amides is 1. The number of rotatable bonds is 4. The van der Waals surface area contributed by atoms with Gasteiger partial charge in [-0.05, 0) is 46.3 Å². The molecular formula is C19H16BrN3O3S2. The molecule has 0 aliphatic carbocycles. The third-order valence-electron chi connectivity index (χ3n) is 4.40. The largest absolute Gasteiger partial charge is 0.496 e. The first kappa shape index (κ1) is 19.0. The van der Waals surface area contributed by atoms with Crippen LogP contribution in [-0.4, -0.2) is 24.7 Å². The standard InChI is InChI=1S/C19H16BrN3O3S2/c1-25-13-9-14(26-2)12(20)8-11(13)16-21-17-15(18(24)22-16)28-19(27)23(17)10-6-4-3-5-7-10/h3-9,16,21H,1-2H3,(H,22,24)/t16-/m1/s1. The molecular weight excluding hydrogens is 462 g/mol. The Balaban J connectivity index is 1.82. The zero-order valence-corrected chi connectivity index (χ0v) is 18.2. The van der Waals surface area contributed by atoms with E-state index in [0.717, 1.165) is 15.7 Å². The fourth-order valence-electron chi connectivity index (χ4n) is 3.10. The maximum Gasteiger partial charge on any atom is 0.267 e. The summed E-state index contributed by atoms with van der Waals surface area (Å²) in [6.45, 7) is 0. The van der Waals surface area contributed by atoms with E-state index >= 15 is 0 Å². The molecule has 3 aromatic rings. The van der Waals surface area contributed by atoms with Gasteiger partial charge in [0.1, 0.15) is 28.4 Å². The van der Waals surface area contributed by atoms with Crippen LogP contribution in [-0.2, 0) is 0 Å². The second-order valence-electron chi connectivity index (χ2n) is 6.00. The zero-order valence-electron chi connectivity index (χ0n) is 15.0. The third-order valence-corrected chi connectivity index (χ3v) is 6.40. The molecule has 0 radical (unpaired) electrons. The highest BCUT2D eigenvalue weighted by atomic mass is 79.9. The maximum atomic E-state index is 12.8. The number of hydrogen-bond acceptors (Lipinski definition) is 6. The van der Waals surface area contributed by atoms with E-state index in [9.17, 15) is 4.79 Å². The highest BCUT2D eigenvalue weighted by Gasteiger charge is 2.31. The molecule has 1 atom stereocenters. The van der Waals surface area contributed by atoms with Crippen LogP contribution in [0.3, 0.4) is 0 Å². The summed E-state index contributed by atoms with van der Waals surface area (Å²) < 4.78 is 14.1. The lowest BCUT2D eigenvalue weighted by atomic mass is 10.1. The van der Waals surface area contributed by atoms with Crippen LogP contribution in [0.15, 0.2) is 46.9 Å². The molecule has 1 amide bonds. The van der Waals surface area contributed by atoms with Gasteiger partial charge in [0.2, 0.25) is 0 Å². The van der Waals surface area contributed by atoms with Crippen LogP contribution >= 0.6 is 39.5 Å². The van der Waals surface area contributed by atoms with E-state index in [4.69, 9.17) is 21.7 Å². The number of halogens is 1. The number of hydrogen-bond donors (Lipinski definition) is 2. The van der Waals surface area contributed by atoms with Crippen molar-refractivity contribution in [1.29, 1.82) is 0 Å². The summed E-state index contributed by atoms with van der Waals surface area (Å²) >= 11 is 10.3. The number of methoxy groups -OCH3 is 2. The van der Waals surface area contributed by atoms with Crippen molar-refractivity contribution in [2.45, 2.75) is 6.17 Å². The lowest BCUT2D eigenvalue weighted by molar-refractivity contribution is 0.0939. The van der Waals surface area contributed by atoms with Gasteiger partial charge in [-0.15, -0.1) is 0 Å². The molecule has 2 aromatic carbocycles. The van der Waals surface area contributed by atoms with Gasteiger partial charge < -0.3 is 20.1 Å². The molecule has 2 N–H and O–H groups in total. The average molecular weight is 478 g/mol. The predicted molar refractivity (Wildman–Crippen MR) is 116 cm³/mol. The Morgan fingerprint density at radius 1 is 1.11 bits per heavy atom. The summed E-state index contributed by atoms with van der Waals surface area (Å²) in [7, 11) is 3.17. The highest BCUT2D eigenvalue weighted by Crippen LogP contribution is 2.39. The fraction of sp³-hybridized carbons (Fsp3) is 0.158. The number of carbonyl (C=O) groups excluding carboxylic acids is 1. The summed E-state index contributed by atoms with van der Waals surface area (Å²) in [5, 5.41) is 6.38. The van der Waals surface area contributed by atoms with Crippen LogP contribution in [0.2, 0.25) is 0 Å². The Labute approximate surface area is 179 Å². The van der Waals surface area contributed by atoms with E-state index in [-0.39, 0.29) is 5.91 Å². The first-order valence-corrected chi connectivity index (χ1v) is 10.4. The van der Waals surface area contributed by atoms with Crippen molar-refractivity contribution in [3.05, 3.63) is 61.3 Å². The van der Waals surface area contributed by atoms with E-state index in [2.05, 4.69) is 26.6 Å². The molecule has 0 saturated heterocycles. The number of carbonyl (C=O) groups is 1. The summed E-state index contributed by atoms with van der Waals surface area (Å²) in [6, 6.07) is 13.4. The Kier molecular flexibility index (Phi) is 5.13.